The van der Waals surface area contributed by atoms with E-state index in [0.717, 1.165) is 0 Å². The maximum atomic E-state index is 13.1. The van der Waals surface area contributed by atoms with Gasteiger partial charge in [-0.2, -0.15) is 18.2 Å². The van der Waals surface area contributed by atoms with Crippen molar-refractivity contribution in [2.45, 2.75) is 13.1 Å². The minimum Gasteiger partial charge on any atom is -0.462 e. The van der Waals surface area contributed by atoms with E-state index >= 15 is 0 Å². The van der Waals surface area contributed by atoms with Gasteiger partial charge in [0.15, 0.2) is 0 Å². The first kappa shape index (κ1) is 15.7. The number of carbonyl (C=O) groups is 1. The number of aromatic nitrogens is 2. The highest BCUT2D eigenvalue weighted by atomic mass is 19.4. The van der Waals surface area contributed by atoms with Gasteiger partial charge in [-0.05, 0) is 6.92 Å². The van der Waals surface area contributed by atoms with E-state index < -0.39 is 29.1 Å². The molecule has 0 bridgehead atoms. The number of aromatic amines is 1. The fourth-order valence-electron chi connectivity index (χ4n) is 1.89. The third-order valence-corrected chi connectivity index (χ3v) is 2.74. The number of nitrogens with one attached hydrogen (secondary N) is 1. The van der Waals surface area contributed by atoms with Crippen LogP contribution in [0.3, 0.4) is 0 Å². The summed E-state index contributed by atoms with van der Waals surface area (Å²) in [6.45, 7) is 1.36. The first-order chi connectivity index (χ1) is 10.3. The fourth-order valence-corrected chi connectivity index (χ4v) is 1.89. The lowest BCUT2D eigenvalue weighted by Crippen LogP contribution is -2.26. The number of rotatable bonds is 3. The molecule has 116 valence electrons. The van der Waals surface area contributed by atoms with Crippen LogP contribution in [0.15, 0.2) is 35.1 Å². The maximum Gasteiger partial charge on any atom is 0.432 e. The minimum absolute atomic E-state index is 0.108. The van der Waals surface area contributed by atoms with E-state index in [2.05, 4.69) is 9.72 Å². The van der Waals surface area contributed by atoms with Gasteiger partial charge in [-0.15, -0.1) is 0 Å². The van der Waals surface area contributed by atoms with Crippen LogP contribution in [-0.2, 0) is 10.9 Å². The molecule has 2 rings (SSSR count). The summed E-state index contributed by atoms with van der Waals surface area (Å²) < 4.78 is 44.0. The van der Waals surface area contributed by atoms with Gasteiger partial charge in [-0.25, -0.2) is 9.59 Å². The van der Waals surface area contributed by atoms with Gasteiger partial charge in [-0.1, -0.05) is 30.3 Å². The number of hydrogen-bond acceptors (Lipinski definition) is 4. The zero-order valence-electron chi connectivity index (χ0n) is 11.4. The SMILES string of the molecule is CCOC(=O)c1c(-c2ccccc2)nc(=O)[nH]c1C(F)(F)F. The van der Waals surface area contributed by atoms with E-state index in [4.69, 9.17) is 0 Å². The number of hydrogen-bond donors (Lipinski definition) is 1. The van der Waals surface area contributed by atoms with E-state index in [-0.39, 0.29) is 17.9 Å². The van der Waals surface area contributed by atoms with Crippen molar-refractivity contribution >= 4 is 5.97 Å². The Morgan fingerprint density at radius 1 is 1.27 bits per heavy atom. The monoisotopic (exact) mass is 312 g/mol. The molecule has 0 spiro atoms. The van der Waals surface area contributed by atoms with Gasteiger partial charge < -0.3 is 9.72 Å². The van der Waals surface area contributed by atoms with Crippen molar-refractivity contribution in [2.75, 3.05) is 6.61 Å². The van der Waals surface area contributed by atoms with E-state index in [1.165, 1.54) is 19.1 Å². The van der Waals surface area contributed by atoms with Crippen LogP contribution >= 0.6 is 0 Å². The lowest BCUT2D eigenvalue weighted by Gasteiger charge is -2.14. The first-order valence-corrected chi connectivity index (χ1v) is 6.28. The molecule has 1 aromatic carbocycles. The summed E-state index contributed by atoms with van der Waals surface area (Å²) in [6.07, 6.45) is -4.92. The Balaban J connectivity index is 2.79. The standard InChI is InChI=1S/C14H11F3N2O3/c1-2-22-12(20)9-10(8-6-4-3-5-7-8)18-13(21)19-11(9)14(15,16)17/h3-7H,2H2,1H3,(H,18,19,21). The zero-order valence-corrected chi connectivity index (χ0v) is 11.4. The Morgan fingerprint density at radius 2 is 1.91 bits per heavy atom. The third-order valence-electron chi connectivity index (χ3n) is 2.74. The van der Waals surface area contributed by atoms with Crippen LogP contribution in [-0.4, -0.2) is 22.5 Å². The number of alkyl halides is 3. The Labute approximate surface area is 122 Å². The summed E-state index contributed by atoms with van der Waals surface area (Å²) in [4.78, 5) is 28.5. The highest BCUT2D eigenvalue weighted by Crippen LogP contribution is 2.33. The van der Waals surface area contributed by atoms with Gasteiger partial charge in [0.05, 0.1) is 12.3 Å². The number of benzene rings is 1. The predicted octanol–water partition coefficient (Wildman–Crippen LogP) is 2.63. The average Bonchev–Trinajstić information content (AvgIpc) is 2.46. The Hall–Kier alpha value is -2.64. The quantitative estimate of drug-likeness (QED) is 0.884. The minimum atomic E-state index is -4.92. The number of nitrogens with zero attached hydrogens (tertiary/aromatic N) is 1. The second-order valence-corrected chi connectivity index (χ2v) is 4.22. The number of halogens is 3. The molecule has 1 N–H and O–H groups in total. The molecule has 0 fully saturated rings. The van der Waals surface area contributed by atoms with Gasteiger partial charge in [-0.3, -0.25) is 0 Å². The molecule has 0 saturated carbocycles. The van der Waals surface area contributed by atoms with E-state index in [9.17, 15) is 22.8 Å². The Morgan fingerprint density at radius 3 is 2.45 bits per heavy atom. The molecule has 0 atom stereocenters. The van der Waals surface area contributed by atoms with Crippen LogP contribution in [0, 0.1) is 0 Å². The molecule has 8 heteroatoms. The molecule has 0 saturated heterocycles. The second-order valence-electron chi connectivity index (χ2n) is 4.22. The van der Waals surface area contributed by atoms with Crippen molar-refractivity contribution in [3.8, 4) is 11.3 Å². The van der Waals surface area contributed by atoms with Gasteiger partial charge in [0.2, 0.25) is 0 Å². The van der Waals surface area contributed by atoms with Crippen LogP contribution in [0.5, 0.6) is 0 Å². The molecule has 1 aromatic heterocycles. The topological polar surface area (TPSA) is 72.0 Å². The Kier molecular flexibility index (Phi) is 4.30. The molecule has 0 unspecified atom stereocenters. The summed E-state index contributed by atoms with van der Waals surface area (Å²) in [5.74, 6) is -1.20. The Bertz CT molecular complexity index is 739. The smallest absolute Gasteiger partial charge is 0.432 e. The van der Waals surface area contributed by atoms with Gasteiger partial charge >= 0.3 is 17.8 Å². The molecule has 0 aliphatic heterocycles. The summed E-state index contributed by atoms with van der Waals surface area (Å²) in [7, 11) is 0. The summed E-state index contributed by atoms with van der Waals surface area (Å²) >= 11 is 0. The highest BCUT2D eigenvalue weighted by molar-refractivity contribution is 5.97. The van der Waals surface area contributed by atoms with Crippen molar-refractivity contribution in [1.29, 1.82) is 0 Å². The lowest BCUT2D eigenvalue weighted by molar-refractivity contribution is -0.142. The van der Waals surface area contributed by atoms with Gasteiger partial charge in [0, 0.05) is 5.56 Å². The summed E-state index contributed by atoms with van der Waals surface area (Å²) in [5, 5.41) is 0. The molecular weight excluding hydrogens is 301 g/mol. The average molecular weight is 312 g/mol. The van der Waals surface area contributed by atoms with Crippen LogP contribution in [0.2, 0.25) is 0 Å². The number of esters is 1. The molecule has 0 amide bonds. The van der Waals surface area contributed by atoms with E-state index in [1.807, 2.05) is 0 Å². The first-order valence-electron chi connectivity index (χ1n) is 6.28. The van der Waals surface area contributed by atoms with E-state index in [0.29, 0.717) is 0 Å². The molecule has 2 aromatic rings. The van der Waals surface area contributed by atoms with Crippen molar-refractivity contribution in [1.82, 2.24) is 9.97 Å². The molecule has 22 heavy (non-hydrogen) atoms. The van der Waals surface area contributed by atoms with Gasteiger partial charge in [0.1, 0.15) is 11.3 Å². The number of H-pyrrole nitrogens is 1. The highest BCUT2D eigenvalue weighted by Gasteiger charge is 2.39. The molecule has 0 aliphatic rings. The van der Waals surface area contributed by atoms with Gasteiger partial charge in [0.25, 0.3) is 0 Å². The molecule has 0 radical (unpaired) electrons. The van der Waals surface area contributed by atoms with Crippen molar-refractivity contribution < 1.29 is 22.7 Å². The zero-order chi connectivity index (χ0) is 16.3. The normalized spacial score (nSPS) is 11.3. The van der Waals surface area contributed by atoms with Crippen LogP contribution in [0.25, 0.3) is 11.3 Å². The van der Waals surface area contributed by atoms with Crippen molar-refractivity contribution in [3.63, 3.8) is 0 Å². The molecule has 0 aliphatic carbocycles. The van der Waals surface area contributed by atoms with Crippen LogP contribution in [0.4, 0.5) is 13.2 Å². The van der Waals surface area contributed by atoms with Crippen LogP contribution in [0.1, 0.15) is 23.0 Å². The summed E-state index contributed by atoms with van der Waals surface area (Å²) in [6, 6.07) is 7.65. The number of carbonyl (C=O) groups excluding carboxylic acids is 1. The summed E-state index contributed by atoms with van der Waals surface area (Å²) in [5.41, 5.74) is -3.62. The molecular formula is C14H11F3N2O3. The maximum absolute atomic E-state index is 13.1. The molecule has 5 nitrogen and oxygen atoms in total. The van der Waals surface area contributed by atoms with Crippen LogP contribution < -0.4 is 5.69 Å². The predicted molar refractivity (Wildman–Crippen MR) is 71.3 cm³/mol. The fraction of sp³-hybridized carbons (Fsp3) is 0.214. The largest absolute Gasteiger partial charge is 0.462 e. The van der Waals surface area contributed by atoms with Crippen molar-refractivity contribution in [3.05, 3.63) is 52.1 Å². The lowest BCUT2D eigenvalue weighted by atomic mass is 10.0. The second kappa shape index (κ2) is 6.00. The number of ether oxygens (including phenoxy) is 1. The molecule has 1 heterocycles. The van der Waals surface area contributed by atoms with Crippen molar-refractivity contribution in [2.24, 2.45) is 0 Å². The third kappa shape index (κ3) is 3.16. The van der Waals surface area contributed by atoms with E-state index in [1.54, 1.807) is 23.2 Å².